The Bertz CT molecular complexity index is 538. The Kier molecular flexibility index (Phi) is 5.00. The first kappa shape index (κ1) is 15.9. The van der Waals surface area contributed by atoms with Gasteiger partial charge < -0.3 is 14.2 Å². The van der Waals surface area contributed by atoms with Crippen LogP contribution in [0.2, 0.25) is 0 Å². The Labute approximate surface area is 111 Å². The number of nitrogens with one attached hydrogen (secondary N) is 1. The highest BCUT2D eigenvalue weighted by Gasteiger charge is 2.32. The van der Waals surface area contributed by atoms with Crippen LogP contribution in [-0.2, 0) is 16.0 Å². The molecule has 0 saturated carbocycles. The van der Waals surface area contributed by atoms with Crippen LogP contribution in [0.25, 0.3) is 0 Å². The van der Waals surface area contributed by atoms with Crippen LogP contribution in [0.1, 0.15) is 12.5 Å². The van der Waals surface area contributed by atoms with E-state index >= 15 is 0 Å². The summed E-state index contributed by atoms with van der Waals surface area (Å²) in [4.78, 5) is 24.7. The van der Waals surface area contributed by atoms with Crippen LogP contribution in [0.3, 0.4) is 0 Å². The summed E-state index contributed by atoms with van der Waals surface area (Å²) in [6.45, 7) is 1.70. The molecule has 0 unspecified atom stereocenters. The van der Waals surface area contributed by atoms with Crippen molar-refractivity contribution in [3.05, 3.63) is 22.0 Å². The Morgan fingerprint density at radius 3 is 2.55 bits per heavy atom. The quantitative estimate of drug-likeness (QED) is 0.831. The van der Waals surface area contributed by atoms with Gasteiger partial charge in [0.05, 0.1) is 20.1 Å². The van der Waals surface area contributed by atoms with Gasteiger partial charge in [0.2, 0.25) is 0 Å². The first-order valence-electron chi connectivity index (χ1n) is 5.48. The molecule has 112 valence electrons. The molecule has 0 radical (unpaired) electrons. The number of H-pyrrole nitrogens is 1. The van der Waals surface area contributed by atoms with E-state index in [9.17, 15) is 22.8 Å². The van der Waals surface area contributed by atoms with Gasteiger partial charge in [-0.15, -0.1) is 13.2 Å². The van der Waals surface area contributed by atoms with Crippen LogP contribution in [-0.4, -0.2) is 31.0 Å². The van der Waals surface area contributed by atoms with E-state index in [2.05, 4.69) is 14.5 Å². The third-order valence-electron chi connectivity index (χ3n) is 2.12. The molecule has 1 N–H and O–H groups in total. The average Bonchev–Trinajstić information content (AvgIpc) is 2.31. The van der Waals surface area contributed by atoms with Crippen LogP contribution in [0.15, 0.2) is 10.9 Å². The molecule has 1 rings (SSSR count). The van der Waals surface area contributed by atoms with Crippen molar-refractivity contribution in [3.63, 3.8) is 0 Å². The fraction of sp³-hybridized carbons (Fsp3) is 0.455. The number of ether oxygens (including phenoxy) is 3. The number of pyridine rings is 1. The standard InChI is InChI=1S/C11H12F3NO5/c1-3-19-8(16)5-6-4-7(20-11(12,13)14)9(17)15-10(6)18-2/h4H,3,5H2,1-2H3,(H,15,17). The smallest absolute Gasteiger partial charge is 0.482 e. The van der Waals surface area contributed by atoms with E-state index in [0.717, 1.165) is 6.07 Å². The first-order valence-corrected chi connectivity index (χ1v) is 5.48. The Balaban J connectivity index is 3.11. The first-order chi connectivity index (χ1) is 9.26. The molecule has 0 atom stereocenters. The van der Waals surface area contributed by atoms with Gasteiger partial charge in [-0.05, 0) is 13.0 Å². The van der Waals surface area contributed by atoms with Crippen LogP contribution in [0.4, 0.5) is 13.2 Å². The zero-order valence-electron chi connectivity index (χ0n) is 10.7. The highest BCUT2D eigenvalue weighted by molar-refractivity contribution is 5.73. The van der Waals surface area contributed by atoms with E-state index in [1.165, 1.54) is 7.11 Å². The highest BCUT2D eigenvalue weighted by atomic mass is 19.4. The zero-order chi connectivity index (χ0) is 15.3. The summed E-state index contributed by atoms with van der Waals surface area (Å²) >= 11 is 0. The number of methoxy groups -OCH3 is 1. The predicted octanol–water partition coefficient (Wildman–Crippen LogP) is 1.39. The minimum absolute atomic E-state index is 0.0183. The van der Waals surface area contributed by atoms with E-state index in [1.54, 1.807) is 6.92 Å². The number of esters is 1. The second kappa shape index (κ2) is 6.31. The summed E-state index contributed by atoms with van der Waals surface area (Å²) in [5.41, 5.74) is -1.10. The largest absolute Gasteiger partial charge is 0.573 e. The third-order valence-corrected chi connectivity index (χ3v) is 2.12. The summed E-state index contributed by atoms with van der Waals surface area (Å²) in [7, 11) is 1.20. The number of aromatic amines is 1. The molecule has 0 aromatic carbocycles. The summed E-state index contributed by atoms with van der Waals surface area (Å²) < 4.78 is 49.4. The summed E-state index contributed by atoms with van der Waals surface area (Å²) in [5.74, 6) is -1.77. The van der Waals surface area contributed by atoms with Gasteiger partial charge in [-0.2, -0.15) is 0 Å². The van der Waals surface area contributed by atoms with E-state index < -0.39 is 23.6 Å². The van der Waals surface area contributed by atoms with Crippen molar-refractivity contribution >= 4 is 5.97 Å². The second-order valence-electron chi connectivity index (χ2n) is 3.55. The molecule has 1 heterocycles. The van der Waals surface area contributed by atoms with Crippen molar-refractivity contribution in [2.24, 2.45) is 0 Å². The monoisotopic (exact) mass is 295 g/mol. The normalized spacial score (nSPS) is 11.1. The molecule has 0 aliphatic rings. The van der Waals surface area contributed by atoms with Crippen LogP contribution < -0.4 is 15.0 Å². The molecule has 0 spiro atoms. The molecule has 0 saturated heterocycles. The molecule has 0 amide bonds. The number of halogens is 3. The lowest BCUT2D eigenvalue weighted by Crippen LogP contribution is -2.23. The number of alkyl halides is 3. The Morgan fingerprint density at radius 2 is 2.05 bits per heavy atom. The molecule has 20 heavy (non-hydrogen) atoms. The number of hydrogen-bond acceptors (Lipinski definition) is 5. The maximum absolute atomic E-state index is 12.1. The third kappa shape index (κ3) is 4.48. The molecular formula is C11H12F3NO5. The van der Waals surface area contributed by atoms with Crippen molar-refractivity contribution in [2.75, 3.05) is 13.7 Å². The molecular weight excluding hydrogens is 283 g/mol. The molecule has 9 heteroatoms. The topological polar surface area (TPSA) is 77.6 Å². The number of rotatable bonds is 5. The van der Waals surface area contributed by atoms with Crippen molar-refractivity contribution < 1.29 is 32.2 Å². The SMILES string of the molecule is CCOC(=O)Cc1cc(OC(F)(F)F)c(=O)[nH]c1OC. The van der Waals surface area contributed by atoms with Gasteiger partial charge in [0.1, 0.15) is 0 Å². The molecule has 1 aromatic heterocycles. The van der Waals surface area contributed by atoms with E-state index in [1.807, 2.05) is 0 Å². The predicted molar refractivity (Wildman–Crippen MR) is 60.6 cm³/mol. The van der Waals surface area contributed by atoms with Crippen LogP contribution in [0, 0.1) is 0 Å². The van der Waals surface area contributed by atoms with E-state index in [0.29, 0.717) is 0 Å². The summed E-state index contributed by atoms with van der Waals surface area (Å²) in [6.07, 6.45) is -5.37. The number of hydrogen-bond donors (Lipinski definition) is 1. The molecule has 0 fully saturated rings. The lowest BCUT2D eigenvalue weighted by molar-refractivity contribution is -0.275. The minimum Gasteiger partial charge on any atom is -0.482 e. The van der Waals surface area contributed by atoms with Crippen molar-refractivity contribution in [1.29, 1.82) is 0 Å². The van der Waals surface area contributed by atoms with Gasteiger partial charge in [-0.1, -0.05) is 0 Å². The van der Waals surface area contributed by atoms with Crippen LogP contribution >= 0.6 is 0 Å². The average molecular weight is 295 g/mol. The van der Waals surface area contributed by atoms with Gasteiger partial charge in [-0.3, -0.25) is 14.6 Å². The van der Waals surface area contributed by atoms with Gasteiger partial charge >= 0.3 is 12.3 Å². The van der Waals surface area contributed by atoms with E-state index in [4.69, 9.17) is 4.74 Å². The second-order valence-corrected chi connectivity index (χ2v) is 3.55. The van der Waals surface area contributed by atoms with Gasteiger partial charge in [0.15, 0.2) is 11.6 Å². The maximum atomic E-state index is 12.1. The van der Waals surface area contributed by atoms with Crippen molar-refractivity contribution in [3.8, 4) is 11.6 Å². The number of aromatic nitrogens is 1. The van der Waals surface area contributed by atoms with Gasteiger partial charge in [0.25, 0.3) is 5.56 Å². The van der Waals surface area contributed by atoms with Crippen molar-refractivity contribution in [2.45, 2.75) is 19.7 Å². The lowest BCUT2D eigenvalue weighted by Gasteiger charge is -2.12. The molecule has 0 bridgehead atoms. The molecule has 0 aliphatic heterocycles. The summed E-state index contributed by atoms with van der Waals surface area (Å²) in [6, 6.07) is 0.794. The van der Waals surface area contributed by atoms with E-state index in [-0.39, 0.29) is 24.5 Å². The van der Waals surface area contributed by atoms with Gasteiger partial charge in [0, 0.05) is 5.56 Å². The Hall–Kier alpha value is -2.19. The zero-order valence-corrected chi connectivity index (χ0v) is 10.7. The Morgan fingerprint density at radius 1 is 1.40 bits per heavy atom. The fourth-order valence-electron chi connectivity index (χ4n) is 1.42. The molecule has 1 aromatic rings. The lowest BCUT2D eigenvalue weighted by atomic mass is 10.2. The fourth-order valence-corrected chi connectivity index (χ4v) is 1.42. The van der Waals surface area contributed by atoms with Gasteiger partial charge in [-0.25, -0.2) is 0 Å². The number of carbonyl (C=O) groups excluding carboxylic acids is 1. The highest BCUT2D eigenvalue weighted by Crippen LogP contribution is 2.23. The maximum Gasteiger partial charge on any atom is 0.573 e. The summed E-state index contributed by atoms with van der Waals surface area (Å²) in [5, 5.41) is 0. The molecule has 0 aliphatic carbocycles. The minimum atomic E-state index is -5.01. The number of carbonyl (C=O) groups is 1. The van der Waals surface area contributed by atoms with Crippen LogP contribution in [0.5, 0.6) is 11.6 Å². The van der Waals surface area contributed by atoms with Crippen molar-refractivity contribution in [1.82, 2.24) is 4.98 Å². The molecule has 6 nitrogen and oxygen atoms in total.